The van der Waals surface area contributed by atoms with Gasteiger partial charge < -0.3 is 10.3 Å². The van der Waals surface area contributed by atoms with Crippen LogP contribution >= 0.6 is 11.6 Å². The minimum absolute atomic E-state index is 0.591. The number of aromatic nitrogens is 1. The average molecular weight is 306 g/mol. The average Bonchev–Trinajstić information content (AvgIpc) is 2.85. The highest BCUT2D eigenvalue weighted by atomic mass is 35.5. The smallest absolute Gasteiger partial charge is 0.0705 e. The molecule has 114 valence electrons. The molecule has 1 aliphatic heterocycles. The topological polar surface area (TPSA) is 31.1 Å². The Morgan fingerprint density at radius 1 is 1.24 bits per heavy atom. The minimum atomic E-state index is 0.591. The number of piperidine rings is 1. The monoisotopic (exact) mass is 305 g/mol. The lowest BCUT2D eigenvalue weighted by Gasteiger charge is -2.32. The second-order valence-electron chi connectivity index (χ2n) is 6.04. The third kappa shape index (κ3) is 3.42. The van der Waals surface area contributed by atoms with E-state index in [2.05, 4.69) is 34.3 Å². The van der Waals surface area contributed by atoms with E-state index in [4.69, 9.17) is 11.6 Å². The van der Waals surface area contributed by atoms with Gasteiger partial charge in [-0.3, -0.25) is 4.90 Å². The molecule has 0 amide bonds. The highest BCUT2D eigenvalue weighted by Gasteiger charge is 2.16. The molecule has 1 fully saturated rings. The fraction of sp³-hybridized carbons (Fsp3) is 0.529. The summed E-state index contributed by atoms with van der Waals surface area (Å²) in [5, 5.41) is 5.51. The van der Waals surface area contributed by atoms with Crippen molar-refractivity contribution in [2.24, 2.45) is 0 Å². The number of H-pyrrole nitrogens is 1. The number of fused-ring (bicyclic) bond motifs is 1. The number of halogens is 1. The molecule has 1 aliphatic rings. The van der Waals surface area contributed by atoms with E-state index >= 15 is 0 Å². The molecule has 0 bridgehead atoms. The van der Waals surface area contributed by atoms with Crippen molar-refractivity contribution in [2.45, 2.75) is 38.8 Å². The predicted octanol–water partition coefficient (Wildman–Crippen LogP) is 3.79. The minimum Gasteiger partial charge on any atom is -0.356 e. The number of hydrogen-bond donors (Lipinski definition) is 2. The summed E-state index contributed by atoms with van der Waals surface area (Å²) in [5.74, 6) is 0. The molecule has 1 aromatic heterocycles. The Labute approximate surface area is 131 Å². The van der Waals surface area contributed by atoms with Gasteiger partial charge in [-0.1, -0.05) is 36.2 Å². The van der Waals surface area contributed by atoms with E-state index in [1.54, 1.807) is 0 Å². The van der Waals surface area contributed by atoms with Crippen LogP contribution in [0.25, 0.3) is 10.9 Å². The van der Waals surface area contributed by atoms with E-state index in [1.807, 2.05) is 12.1 Å². The van der Waals surface area contributed by atoms with Gasteiger partial charge in [-0.25, -0.2) is 0 Å². The largest absolute Gasteiger partial charge is 0.356 e. The zero-order chi connectivity index (χ0) is 14.7. The maximum atomic E-state index is 6.44. The number of aromatic amines is 1. The van der Waals surface area contributed by atoms with E-state index in [0.29, 0.717) is 6.04 Å². The molecule has 2 N–H and O–H groups in total. The molecule has 1 saturated heterocycles. The number of nitrogens with zero attached hydrogens (tertiary/aromatic N) is 1. The number of hydrogen-bond acceptors (Lipinski definition) is 2. The van der Waals surface area contributed by atoms with Crippen molar-refractivity contribution >= 4 is 22.5 Å². The zero-order valence-corrected chi connectivity index (χ0v) is 13.4. The summed E-state index contributed by atoms with van der Waals surface area (Å²) in [6.45, 7) is 6.61. The van der Waals surface area contributed by atoms with E-state index in [1.165, 1.54) is 32.4 Å². The van der Waals surface area contributed by atoms with Gasteiger partial charge in [0.1, 0.15) is 0 Å². The maximum Gasteiger partial charge on any atom is 0.0705 e. The summed E-state index contributed by atoms with van der Waals surface area (Å²) in [4.78, 5) is 6.00. The summed E-state index contributed by atoms with van der Waals surface area (Å²) < 4.78 is 0. The van der Waals surface area contributed by atoms with Crippen LogP contribution in [0.2, 0.25) is 5.02 Å². The van der Waals surface area contributed by atoms with Gasteiger partial charge in [-0.15, -0.1) is 0 Å². The molecule has 0 aliphatic carbocycles. The Kier molecular flexibility index (Phi) is 4.84. The lowest BCUT2D eigenvalue weighted by Crippen LogP contribution is -2.43. The van der Waals surface area contributed by atoms with Crippen LogP contribution in [-0.2, 0) is 6.54 Å². The van der Waals surface area contributed by atoms with Gasteiger partial charge in [0, 0.05) is 35.7 Å². The number of nitrogens with one attached hydrogen (secondary N) is 2. The number of likely N-dealkylation sites (tertiary alicyclic amines) is 1. The van der Waals surface area contributed by atoms with E-state index in [-0.39, 0.29) is 0 Å². The molecule has 2 heterocycles. The Morgan fingerprint density at radius 3 is 2.76 bits per heavy atom. The van der Waals surface area contributed by atoms with Gasteiger partial charge in [0.05, 0.1) is 5.02 Å². The second kappa shape index (κ2) is 6.82. The molecule has 3 rings (SSSR count). The molecular weight excluding hydrogens is 282 g/mol. The third-order valence-electron chi connectivity index (χ3n) is 4.47. The van der Waals surface area contributed by atoms with Crippen LogP contribution < -0.4 is 5.32 Å². The van der Waals surface area contributed by atoms with Crippen LogP contribution in [0.1, 0.15) is 31.9 Å². The molecule has 1 atom stereocenters. The number of benzene rings is 1. The van der Waals surface area contributed by atoms with Gasteiger partial charge in [-0.05, 0) is 38.9 Å². The molecule has 3 nitrogen and oxygen atoms in total. The summed E-state index contributed by atoms with van der Waals surface area (Å²) in [5.41, 5.74) is 2.20. The molecular formula is C17H24ClN3. The van der Waals surface area contributed by atoms with Crippen molar-refractivity contribution in [3.05, 3.63) is 35.0 Å². The molecule has 0 saturated carbocycles. The van der Waals surface area contributed by atoms with Gasteiger partial charge in [-0.2, -0.15) is 0 Å². The first-order valence-electron chi connectivity index (χ1n) is 7.95. The van der Waals surface area contributed by atoms with Crippen molar-refractivity contribution in [3.8, 4) is 0 Å². The van der Waals surface area contributed by atoms with Crippen LogP contribution in [0.15, 0.2) is 24.3 Å². The molecule has 2 aromatic rings. The molecule has 0 spiro atoms. The quantitative estimate of drug-likeness (QED) is 0.880. The van der Waals surface area contributed by atoms with Crippen molar-refractivity contribution < 1.29 is 0 Å². The third-order valence-corrected chi connectivity index (χ3v) is 4.90. The van der Waals surface area contributed by atoms with Crippen LogP contribution in [0.3, 0.4) is 0 Å². The maximum absolute atomic E-state index is 6.44. The van der Waals surface area contributed by atoms with Gasteiger partial charge in [0.15, 0.2) is 0 Å². The summed E-state index contributed by atoms with van der Waals surface area (Å²) >= 11 is 6.44. The fourth-order valence-electron chi connectivity index (χ4n) is 3.18. The Balaban J connectivity index is 1.55. The first-order valence-corrected chi connectivity index (χ1v) is 8.33. The van der Waals surface area contributed by atoms with Crippen LogP contribution in [-0.4, -0.2) is 35.6 Å². The first kappa shape index (κ1) is 14.9. The fourth-order valence-corrected chi connectivity index (χ4v) is 3.46. The van der Waals surface area contributed by atoms with Gasteiger partial charge in [0.25, 0.3) is 0 Å². The van der Waals surface area contributed by atoms with E-state index in [0.717, 1.165) is 34.7 Å². The van der Waals surface area contributed by atoms with Crippen molar-refractivity contribution in [1.82, 2.24) is 15.2 Å². The van der Waals surface area contributed by atoms with Gasteiger partial charge in [0.2, 0.25) is 0 Å². The van der Waals surface area contributed by atoms with Gasteiger partial charge >= 0.3 is 0 Å². The summed E-state index contributed by atoms with van der Waals surface area (Å²) in [6.07, 6.45) is 4.08. The molecule has 21 heavy (non-hydrogen) atoms. The molecule has 0 radical (unpaired) electrons. The highest BCUT2D eigenvalue weighted by Crippen LogP contribution is 2.26. The van der Waals surface area contributed by atoms with Crippen molar-refractivity contribution in [2.75, 3.05) is 19.6 Å². The Bertz CT molecular complexity index is 587. The number of rotatable bonds is 5. The summed E-state index contributed by atoms with van der Waals surface area (Å²) in [7, 11) is 0. The molecule has 1 aromatic carbocycles. The molecule has 1 unspecified atom stereocenters. The Hall–Kier alpha value is -1.03. The zero-order valence-electron chi connectivity index (χ0n) is 12.7. The number of para-hydroxylation sites is 1. The SMILES string of the molecule is CC(CNCc1[nH]c2ccccc2c1Cl)N1CCCCC1. The lowest BCUT2D eigenvalue weighted by atomic mass is 10.1. The standard InChI is InChI=1S/C17H24ClN3/c1-13(21-9-5-2-6-10-21)11-19-12-16-17(18)14-7-3-4-8-15(14)20-16/h3-4,7-8,13,19-20H,2,5-6,9-12H2,1H3. The van der Waals surface area contributed by atoms with Crippen molar-refractivity contribution in [1.29, 1.82) is 0 Å². The van der Waals surface area contributed by atoms with E-state index in [9.17, 15) is 0 Å². The van der Waals surface area contributed by atoms with Crippen LogP contribution in [0.4, 0.5) is 0 Å². The van der Waals surface area contributed by atoms with Crippen molar-refractivity contribution in [3.63, 3.8) is 0 Å². The molecule has 4 heteroatoms. The highest BCUT2D eigenvalue weighted by molar-refractivity contribution is 6.36. The predicted molar refractivity (Wildman–Crippen MR) is 89.9 cm³/mol. The lowest BCUT2D eigenvalue weighted by molar-refractivity contribution is 0.170. The van der Waals surface area contributed by atoms with Crippen LogP contribution in [0, 0.1) is 0 Å². The normalized spacial score (nSPS) is 18.2. The summed E-state index contributed by atoms with van der Waals surface area (Å²) in [6, 6.07) is 8.78. The first-order chi connectivity index (χ1) is 10.3. The second-order valence-corrected chi connectivity index (χ2v) is 6.42. The van der Waals surface area contributed by atoms with Crippen LogP contribution in [0.5, 0.6) is 0 Å². The van der Waals surface area contributed by atoms with E-state index < -0.39 is 0 Å². The Morgan fingerprint density at radius 2 is 2.00 bits per heavy atom.